The van der Waals surface area contributed by atoms with Crippen LogP contribution in [0.1, 0.15) is 33.1 Å². The van der Waals surface area contributed by atoms with Gasteiger partial charge in [0, 0.05) is 29.4 Å². The van der Waals surface area contributed by atoms with Crippen molar-refractivity contribution in [1.29, 1.82) is 0 Å². The molecule has 4 rings (SSSR count). The molecule has 0 unspecified atom stereocenters. The van der Waals surface area contributed by atoms with Gasteiger partial charge in [0.1, 0.15) is 11.3 Å². The molecule has 0 spiro atoms. The fourth-order valence-electron chi connectivity index (χ4n) is 3.52. The first-order valence-electron chi connectivity index (χ1n) is 8.82. The summed E-state index contributed by atoms with van der Waals surface area (Å²) in [5.74, 6) is 1.13. The lowest BCUT2D eigenvalue weighted by atomic mass is 9.98. The van der Waals surface area contributed by atoms with Gasteiger partial charge < -0.3 is 19.0 Å². The summed E-state index contributed by atoms with van der Waals surface area (Å²) >= 11 is 0. The third-order valence-electron chi connectivity index (χ3n) is 4.95. The zero-order valence-corrected chi connectivity index (χ0v) is 15.2. The van der Waals surface area contributed by atoms with Gasteiger partial charge in [-0.15, -0.1) is 0 Å². The first-order valence-corrected chi connectivity index (χ1v) is 8.82. The highest BCUT2D eigenvalue weighted by Crippen LogP contribution is 2.27. The molecule has 136 valence electrons. The maximum absolute atomic E-state index is 12.8. The number of ether oxygens (including phenoxy) is 1. The molecule has 0 radical (unpaired) electrons. The summed E-state index contributed by atoms with van der Waals surface area (Å²) in [5, 5.41) is 7.96. The number of carbonyl (C=O) groups excluding carboxylic acids is 1. The number of fused-ring (bicyclic) bond motifs is 1. The van der Waals surface area contributed by atoms with Gasteiger partial charge in [0.15, 0.2) is 5.76 Å². The summed E-state index contributed by atoms with van der Waals surface area (Å²) in [4.78, 5) is 12.8. The molecule has 3 heterocycles. The molecule has 1 fully saturated rings. The van der Waals surface area contributed by atoms with E-state index in [1.165, 1.54) is 0 Å². The van der Waals surface area contributed by atoms with Crippen molar-refractivity contribution in [2.45, 2.75) is 33.2 Å². The van der Waals surface area contributed by atoms with Crippen LogP contribution in [-0.4, -0.2) is 30.3 Å². The van der Waals surface area contributed by atoms with Crippen molar-refractivity contribution in [2.75, 3.05) is 13.2 Å². The number of hydrogen-bond donors (Lipinski definition) is 1. The van der Waals surface area contributed by atoms with Crippen molar-refractivity contribution >= 4 is 16.9 Å². The lowest BCUT2D eigenvalue weighted by Crippen LogP contribution is -2.40. The van der Waals surface area contributed by atoms with Gasteiger partial charge in [0.25, 0.3) is 5.91 Å². The molecule has 6 heteroatoms. The van der Waals surface area contributed by atoms with Crippen LogP contribution in [0.25, 0.3) is 11.0 Å². The van der Waals surface area contributed by atoms with E-state index in [-0.39, 0.29) is 17.9 Å². The Morgan fingerprint density at radius 1 is 1.23 bits per heavy atom. The number of nitrogens with one attached hydrogen (secondary N) is 1. The molecule has 2 aromatic heterocycles. The normalized spacial score (nSPS) is 20.0. The SMILES string of the molecule is Cc1ccc2oc(C(=O)N[C@H]3COC[C@H]3Cc3cc(C)no3)c(C)c2c1. The van der Waals surface area contributed by atoms with Crippen LogP contribution >= 0.6 is 0 Å². The average molecular weight is 354 g/mol. The van der Waals surface area contributed by atoms with Crippen molar-refractivity contribution < 1.29 is 18.5 Å². The summed E-state index contributed by atoms with van der Waals surface area (Å²) in [7, 11) is 0. The van der Waals surface area contributed by atoms with Gasteiger partial charge in [-0.3, -0.25) is 4.79 Å². The predicted octanol–water partition coefficient (Wildman–Crippen LogP) is 3.33. The number of aromatic nitrogens is 1. The first-order chi connectivity index (χ1) is 12.5. The van der Waals surface area contributed by atoms with Crippen LogP contribution in [0, 0.1) is 26.7 Å². The minimum atomic E-state index is -0.203. The Hall–Kier alpha value is -2.60. The van der Waals surface area contributed by atoms with Crippen molar-refractivity contribution in [2.24, 2.45) is 5.92 Å². The number of aryl methyl sites for hydroxylation is 3. The third-order valence-corrected chi connectivity index (χ3v) is 4.95. The Balaban J connectivity index is 1.51. The Morgan fingerprint density at radius 3 is 2.85 bits per heavy atom. The highest BCUT2D eigenvalue weighted by molar-refractivity contribution is 5.99. The third kappa shape index (κ3) is 3.12. The minimum absolute atomic E-state index is 0.0812. The Morgan fingerprint density at radius 2 is 2.08 bits per heavy atom. The van der Waals surface area contributed by atoms with Crippen LogP contribution in [0.3, 0.4) is 0 Å². The average Bonchev–Trinajstić information content (AvgIpc) is 3.29. The van der Waals surface area contributed by atoms with Crippen LogP contribution < -0.4 is 5.32 Å². The molecule has 1 aliphatic rings. The van der Waals surface area contributed by atoms with E-state index in [2.05, 4.69) is 10.5 Å². The van der Waals surface area contributed by atoms with Gasteiger partial charge in [0.2, 0.25) is 0 Å². The second kappa shape index (κ2) is 6.61. The highest BCUT2D eigenvalue weighted by Gasteiger charge is 2.32. The molecular formula is C20H22N2O4. The topological polar surface area (TPSA) is 77.5 Å². The number of furan rings is 1. The van der Waals surface area contributed by atoms with E-state index < -0.39 is 0 Å². The maximum atomic E-state index is 12.8. The van der Waals surface area contributed by atoms with Gasteiger partial charge in [-0.25, -0.2) is 0 Å². The van der Waals surface area contributed by atoms with E-state index in [0.29, 0.717) is 25.4 Å². The summed E-state index contributed by atoms with van der Waals surface area (Å²) in [6.45, 7) is 6.91. The molecule has 1 aromatic carbocycles. The number of nitrogens with zero attached hydrogens (tertiary/aromatic N) is 1. The molecule has 1 saturated heterocycles. The molecule has 1 N–H and O–H groups in total. The highest BCUT2D eigenvalue weighted by atomic mass is 16.5. The molecular weight excluding hydrogens is 332 g/mol. The number of benzene rings is 1. The van der Waals surface area contributed by atoms with Gasteiger partial charge >= 0.3 is 0 Å². The van der Waals surface area contributed by atoms with E-state index in [1.807, 2.05) is 45.0 Å². The lowest BCUT2D eigenvalue weighted by Gasteiger charge is -2.17. The number of amides is 1. The van der Waals surface area contributed by atoms with Crippen LogP contribution in [0.2, 0.25) is 0 Å². The van der Waals surface area contributed by atoms with Crippen LogP contribution in [0.15, 0.2) is 33.2 Å². The molecule has 6 nitrogen and oxygen atoms in total. The van der Waals surface area contributed by atoms with Crippen LogP contribution in [0.5, 0.6) is 0 Å². The molecule has 3 aromatic rings. The summed E-state index contributed by atoms with van der Waals surface area (Å²) in [6, 6.07) is 7.76. The van der Waals surface area contributed by atoms with Crippen molar-refractivity contribution in [3.8, 4) is 0 Å². The molecule has 1 amide bonds. The molecule has 2 atom stereocenters. The number of hydrogen-bond acceptors (Lipinski definition) is 5. The monoisotopic (exact) mass is 354 g/mol. The maximum Gasteiger partial charge on any atom is 0.287 e. The summed E-state index contributed by atoms with van der Waals surface area (Å²) in [5.41, 5.74) is 3.59. The van der Waals surface area contributed by atoms with E-state index in [1.54, 1.807) is 0 Å². The molecule has 0 bridgehead atoms. The summed E-state index contributed by atoms with van der Waals surface area (Å²) < 4.78 is 16.7. The largest absolute Gasteiger partial charge is 0.451 e. The summed E-state index contributed by atoms with van der Waals surface area (Å²) in [6.07, 6.45) is 0.685. The van der Waals surface area contributed by atoms with Crippen LogP contribution in [0.4, 0.5) is 0 Å². The predicted molar refractivity (Wildman–Crippen MR) is 96.2 cm³/mol. The fourth-order valence-corrected chi connectivity index (χ4v) is 3.52. The second-order valence-electron chi connectivity index (χ2n) is 7.07. The van der Waals surface area contributed by atoms with Gasteiger partial charge in [-0.1, -0.05) is 16.8 Å². The number of rotatable bonds is 4. The Labute approximate surface area is 151 Å². The van der Waals surface area contributed by atoms with E-state index in [9.17, 15) is 4.79 Å². The van der Waals surface area contributed by atoms with Crippen molar-refractivity contribution in [1.82, 2.24) is 10.5 Å². The van der Waals surface area contributed by atoms with Crippen molar-refractivity contribution in [3.05, 3.63) is 52.6 Å². The quantitative estimate of drug-likeness (QED) is 0.777. The van der Waals surface area contributed by atoms with Crippen molar-refractivity contribution in [3.63, 3.8) is 0 Å². The molecule has 0 aliphatic carbocycles. The second-order valence-corrected chi connectivity index (χ2v) is 7.07. The van der Waals surface area contributed by atoms with E-state index in [4.69, 9.17) is 13.7 Å². The zero-order valence-electron chi connectivity index (χ0n) is 15.2. The smallest absolute Gasteiger partial charge is 0.287 e. The van der Waals surface area contributed by atoms with Gasteiger partial charge in [-0.05, 0) is 32.9 Å². The lowest BCUT2D eigenvalue weighted by molar-refractivity contribution is 0.0897. The molecule has 26 heavy (non-hydrogen) atoms. The number of carbonyl (C=O) groups is 1. The fraction of sp³-hybridized carbons (Fsp3) is 0.400. The standard InChI is InChI=1S/C20H22N2O4/c1-11-4-5-18-16(6-11)13(3)19(25-18)20(23)21-17-10-24-9-14(17)8-15-7-12(2)22-26-15/h4-7,14,17H,8-10H2,1-3H3,(H,21,23)/t14-,17+/m1/s1. The molecule has 0 saturated carbocycles. The van der Waals surface area contributed by atoms with Gasteiger partial charge in [0.05, 0.1) is 24.9 Å². The van der Waals surface area contributed by atoms with E-state index >= 15 is 0 Å². The first kappa shape index (κ1) is 16.8. The molecule has 1 aliphatic heterocycles. The van der Waals surface area contributed by atoms with Gasteiger partial charge in [-0.2, -0.15) is 0 Å². The zero-order chi connectivity index (χ0) is 18.3. The Bertz CT molecular complexity index is 956. The van der Waals surface area contributed by atoms with E-state index in [0.717, 1.165) is 33.6 Å². The minimum Gasteiger partial charge on any atom is -0.451 e. The van der Waals surface area contributed by atoms with Crippen LogP contribution in [-0.2, 0) is 11.2 Å². The Kier molecular flexibility index (Phi) is 4.28.